The van der Waals surface area contributed by atoms with Gasteiger partial charge in [-0.15, -0.1) is 0 Å². The lowest BCUT2D eigenvalue weighted by atomic mass is 10.0. The van der Waals surface area contributed by atoms with Gasteiger partial charge in [0.1, 0.15) is 0 Å². The number of anilines is 1. The molecule has 0 unspecified atom stereocenters. The molecule has 2 aliphatic heterocycles. The lowest BCUT2D eigenvalue weighted by Crippen LogP contribution is -2.49. The van der Waals surface area contributed by atoms with Gasteiger partial charge in [-0.1, -0.05) is 0 Å². The topological polar surface area (TPSA) is 41.5 Å². The van der Waals surface area contributed by atoms with Crippen molar-refractivity contribution in [3.05, 3.63) is 16.9 Å². The van der Waals surface area contributed by atoms with E-state index in [1.165, 1.54) is 12.8 Å². The van der Waals surface area contributed by atoms with E-state index in [0.717, 1.165) is 49.8 Å². The summed E-state index contributed by atoms with van der Waals surface area (Å²) >= 11 is 3.37. The van der Waals surface area contributed by atoms with Crippen LogP contribution in [0.25, 0.3) is 0 Å². The van der Waals surface area contributed by atoms with Gasteiger partial charge in [0, 0.05) is 44.6 Å². The van der Waals surface area contributed by atoms with Crippen molar-refractivity contribution in [1.82, 2.24) is 14.9 Å². The van der Waals surface area contributed by atoms with E-state index in [1.807, 2.05) is 12.4 Å². The van der Waals surface area contributed by atoms with E-state index in [1.54, 1.807) is 0 Å². The zero-order valence-electron chi connectivity index (χ0n) is 11.0. The predicted molar refractivity (Wildman–Crippen MR) is 77.4 cm³/mol. The lowest BCUT2D eigenvalue weighted by Gasteiger charge is -2.40. The molecule has 2 aliphatic rings. The molecule has 0 aliphatic carbocycles. The zero-order valence-corrected chi connectivity index (χ0v) is 12.5. The lowest BCUT2D eigenvalue weighted by molar-refractivity contribution is 0.0114. The van der Waals surface area contributed by atoms with Crippen molar-refractivity contribution in [2.45, 2.75) is 18.9 Å². The fourth-order valence-corrected chi connectivity index (χ4v) is 3.05. The zero-order chi connectivity index (χ0) is 13.1. The van der Waals surface area contributed by atoms with Crippen LogP contribution in [0.2, 0.25) is 0 Å². The maximum Gasteiger partial charge on any atom is 0.225 e. The summed E-state index contributed by atoms with van der Waals surface area (Å²) in [6.45, 7) is 6.03. The molecular weight excluding hydrogens is 308 g/mol. The highest BCUT2D eigenvalue weighted by molar-refractivity contribution is 9.10. The summed E-state index contributed by atoms with van der Waals surface area (Å²) in [5.74, 6) is 0.851. The van der Waals surface area contributed by atoms with Gasteiger partial charge in [0.15, 0.2) is 0 Å². The van der Waals surface area contributed by atoms with E-state index in [0.29, 0.717) is 6.04 Å². The summed E-state index contributed by atoms with van der Waals surface area (Å²) in [7, 11) is 0. The molecule has 3 rings (SSSR count). The quantitative estimate of drug-likeness (QED) is 0.824. The maximum absolute atomic E-state index is 5.42. The van der Waals surface area contributed by atoms with Gasteiger partial charge >= 0.3 is 0 Å². The van der Waals surface area contributed by atoms with Crippen molar-refractivity contribution in [3.63, 3.8) is 0 Å². The summed E-state index contributed by atoms with van der Waals surface area (Å²) in [6.07, 6.45) is 6.02. The van der Waals surface area contributed by atoms with E-state index in [-0.39, 0.29) is 0 Å². The molecule has 0 N–H and O–H groups in total. The molecule has 0 aromatic carbocycles. The van der Waals surface area contributed by atoms with Crippen LogP contribution in [-0.4, -0.2) is 60.3 Å². The molecule has 104 valence electrons. The standard InChI is InChI=1S/C13H19BrN4O/c14-11-9-15-13(16-10-11)18-3-1-12(2-4-18)17-5-7-19-8-6-17/h9-10,12H,1-8H2. The number of ether oxygens (including phenoxy) is 1. The first-order valence-electron chi connectivity index (χ1n) is 6.87. The minimum absolute atomic E-state index is 0.704. The fourth-order valence-electron chi connectivity index (χ4n) is 2.84. The molecular formula is C13H19BrN4O. The van der Waals surface area contributed by atoms with E-state index in [4.69, 9.17) is 4.74 Å². The van der Waals surface area contributed by atoms with Gasteiger partial charge in [0.25, 0.3) is 0 Å². The van der Waals surface area contributed by atoms with Crippen molar-refractivity contribution >= 4 is 21.9 Å². The molecule has 0 bridgehead atoms. The highest BCUT2D eigenvalue weighted by Crippen LogP contribution is 2.21. The van der Waals surface area contributed by atoms with Crippen LogP contribution in [0.5, 0.6) is 0 Å². The Kier molecular flexibility index (Phi) is 4.30. The summed E-state index contributed by atoms with van der Waals surface area (Å²) in [5.41, 5.74) is 0. The van der Waals surface area contributed by atoms with Crippen LogP contribution in [0.4, 0.5) is 5.95 Å². The van der Waals surface area contributed by atoms with Crippen LogP contribution < -0.4 is 4.90 Å². The SMILES string of the molecule is Brc1cnc(N2CCC(N3CCOCC3)CC2)nc1. The van der Waals surface area contributed by atoms with Gasteiger partial charge < -0.3 is 9.64 Å². The second kappa shape index (κ2) is 6.15. The number of hydrogen-bond donors (Lipinski definition) is 0. The molecule has 2 saturated heterocycles. The number of piperidine rings is 1. The third-order valence-electron chi connectivity index (χ3n) is 3.92. The summed E-state index contributed by atoms with van der Waals surface area (Å²) < 4.78 is 6.35. The second-order valence-corrected chi connectivity index (χ2v) is 5.98. The molecule has 5 nitrogen and oxygen atoms in total. The highest BCUT2D eigenvalue weighted by atomic mass is 79.9. The van der Waals surface area contributed by atoms with Crippen molar-refractivity contribution in [1.29, 1.82) is 0 Å². The molecule has 0 radical (unpaired) electrons. The molecule has 6 heteroatoms. The first-order chi connectivity index (χ1) is 9.33. The van der Waals surface area contributed by atoms with Crippen molar-refractivity contribution in [2.24, 2.45) is 0 Å². The Morgan fingerprint density at radius 3 is 2.32 bits per heavy atom. The Morgan fingerprint density at radius 1 is 1.05 bits per heavy atom. The van der Waals surface area contributed by atoms with E-state index < -0.39 is 0 Å². The van der Waals surface area contributed by atoms with Gasteiger partial charge in [-0.05, 0) is 28.8 Å². The van der Waals surface area contributed by atoms with Gasteiger partial charge in [-0.2, -0.15) is 0 Å². The Hall–Kier alpha value is -0.720. The third-order valence-corrected chi connectivity index (χ3v) is 4.33. The monoisotopic (exact) mass is 326 g/mol. The largest absolute Gasteiger partial charge is 0.379 e. The average molecular weight is 327 g/mol. The van der Waals surface area contributed by atoms with Gasteiger partial charge in [0.05, 0.1) is 17.7 Å². The molecule has 0 amide bonds. The van der Waals surface area contributed by atoms with Gasteiger partial charge in [-0.25, -0.2) is 9.97 Å². The fraction of sp³-hybridized carbons (Fsp3) is 0.692. The van der Waals surface area contributed by atoms with Crippen molar-refractivity contribution < 1.29 is 4.74 Å². The number of hydrogen-bond acceptors (Lipinski definition) is 5. The Bertz CT molecular complexity index is 400. The van der Waals surface area contributed by atoms with E-state index in [2.05, 4.69) is 35.7 Å². The second-order valence-electron chi connectivity index (χ2n) is 5.07. The van der Waals surface area contributed by atoms with Crippen molar-refractivity contribution in [2.75, 3.05) is 44.3 Å². The average Bonchev–Trinajstić information content (AvgIpc) is 2.49. The van der Waals surface area contributed by atoms with Crippen LogP contribution in [0.3, 0.4) is 0 Å². The molecule has 1 aromatic heterocycles. The molecule has 3 heterocycles. The van der Waals surface area contributed by atoms with E-state index in [9.17, 15) is 0 Å². The molecule has 2 fully saturated rings. The van der Waals surface area contributed by atoms with Crippen LogP contribution >= 0.6 is 15.9 Å². The molecule has 0 saturated carbocycles. The van der Waals surface area contributed by atoms with Crippen LogP contribution in [0.15, 0.2) is 16.9 Å². The number of nitrogens with zero attached hydrogens (tertiary/aromatic N) is 4. The summed E-state index contributed by atoms with van der Waals surface area (Å²) in [6, 6.07) is 0.704. The summed E-state index contributed by atoms with van der Waals surface area (Å²) in [5, 5.41) is 0. The Balaban J connectivity index is 1.55. The molecule has 1 aromatic rings. The van der Waals surface area contributed by atoms with Crippen LogP contribution in [0, 0.1) is 0 Å². The van der Waals surface area contributed by atoms with E-state index >= 15 is 0 Å². The van der Waals surface area contributed by atoms with Gasteiger partial charge in [0.2, 0.25) is 5.95 Å². The number of aromatic nitrogens is 2. The summed E-state index contributed by atoms with van der Waals surface area (Å²) in [4.78, 5) is 13.6. The minimum atomic E-state index is 0.704. The Morgan fingerprint density at radius 2 is 1.68 bits per heavy atom. The van der Waals surface area contributed by atoms with Crippen LogP contribution in [-0.2, 0) is 4.74 Å². The number of rotatable bonds is 2. The normalized spacial score (nSPS) is 22.7. The third kappa shape index (κ3) is 3.24. The first kappa shape index (κ1) is 13.3. The van der Waals surface area contributed by atoms with Crippen molar-refractivity contribution in [3.8, 4) is 0 Å². The maximum atomic E-state index is 5.42. The molecule has 0 spiro atoms. The molecule has 0 atom stereocenters. The predicted octanol–water partition coefficient (Wildman–Crippen LogP) is 1.54. The number of morpholine rings is 1. The highest BCUT2D eigenvalue weighted by Gasteiger charge is 2.26. The number of halogens is 1. The first-order valence-corrected chi connectivity index (χ1v) is 7.66. The van der Waals surface area contributed by atoms with Gasteiger partial charge in [-0.3, -0.25) is 4.90 Å². The van der Waals surface area contributed by atoms with Crippen LogP contribution in [0.1, 0.15) is 12.8 Å². The molecule has 19 heavy (non-hydrogen) atoms. The Labute approximate surface area is 122 Å². The minimum Gasteiger partial charge on any atom is -0.379 e. The smallest absolute Gasteiger partial charge is 0.225 e.